The average molecular weight is 476 g/mol. The summed E-state index contributed by atoms with van der Waals surface area (Å²) in [7, 11) is 3.08. The number of likely N-dealkylation sites (tertiary alicyclic amines) is 1. The number of ether oxygens (including phenoxy) is 3. The lowest BCUT2D eigenvalue weighted by Crippen LogP contribution is -2.47. The first-order valence-electron chi connectivity index (χ1n) is 10.8. The van der Waals surface area contributed by atoms with E-state index in [1.165, 1.54) is 23.3 Å². The highest BCUT2D eigenvalue weighted by Crippen LogP contribution is 2.29. The quantitative estimate of drug-likeness (QED) is 0.514. The van der Waals surface area contributed by atoms with Crippen molar-refractivity contribution in [2.24, 2.45) is 5.92 Å². The van der Waals surface area contributed by atoms with Crippen LogP contribution < -0.4 is 9.47 Å². The zero-order valence-corrected chi connectivity index (χ0v) is 19.9. The second-order valence-corrected chi connectivity index (χ2v) is 8.44. The van der Waals surface area contributed by atoms with Crippen LogP contribution in [-0.4, -0.2) is 73.0 Å². The molecule has 1 atom stereocenters. The van der Waals surface area contributed by atoms with Crippen molar-refractivity contribution in [3.63, 3.8) is 0 Å². The predicted octanol–water partition coefficient (Wildman–Crippen LogP) is 2.60. The summed E-state index contributed by atoms with van der Waals surface area (Å²) in [6.07, 6.45) is 1.43. The third kappa shape index (κ3) is 6.44. The van der Waals surface area contributed by atoms with E-state index in [2.05, 4.69) is 4.98 Å². The second kappa shape index (κ2) is 11.6. The molecule has 0 N–H and O–H groups in total. The number of methoxy groups -OCH3 is 1. The Labute approximate surface area is 197 Å². The summed E-state index contributed by atoms with van der Waals surface area (Å²) in [4.78, 5) is 44.9. The van der Waals surface area contributed by atoms with E-state index >= 15 is 0 Å². The van der Waals surface area contributed by atoms with Gasteiger partial charge in [0.1, 0.15) is 6.61 Å². The molecule has 1 unspecified atom stereocenters. The fraction of sp³-hybridized carbons (Fsp3) is 0.478. The highest BCUT2D eigenvalue weighted by atomic mass is 32.1. The maximum atomic E-state index is 12.9. The molecule has 0 aliphatic carbocycles. The van der Waals surface area contributed by atoms with Gasteiger partial charge in [0.05, 0.1) is 37.4 Å². The molecular weight excluding hydrogens is 446 g/mol. The molecule has 178 valence electrons. The molecular formula is C23H29N3O6S. The van der Waals surface area contributed by atoms with Gasteiger partial charge in [0.15, 0.2) is 11.5 Å². The summed E-state index contributed by atoms with van der Waals surface area (Å²) in [5.74, 6) is -0.182. The van der Waals surface area contributed by atoms with E-state index in [1.807, 2.05) is 5.38 Å². The van der Waals surface area contributed by atoms with Gasteiger partial charge < -0.3 is 24.0 Å². The molecule has 1 aromatic carbocycles. The summed E-state index contributed by atoms with van der Waals surface area (Å²) in [5, 5.41) is 1.90. The number of piperidine rings is 1. The monoisotopic (exact) mass is 475 g/mol. The minimum Gasteiger partial charge on any atom is -0.493 e. The van der Waals surface area contributed by atoms with Gasteiger partial charge in [0.25, 0.3) is 5.91 Å². The number of carbonyl (C=O) groups excluding carboxylic acids is 3. The highest BCUT2D eigenvalue weighted by molar-refractivity contribution is 7.07. The molecule has 3 rings (SSSR count). The lowest BCUT2D eigenvalue weighted by Gasteiger charge is -2.32. The smallest absolute Gasteiger partial charge is 0.310 e. The number of aromatic nitrogens is 1. The maximum absolute atomic E-state index is 12.9. The van der Waals surface area contributed by atoms with Gasteiger partial charge in [-0.2, -0.15) is 0 Å². The largest absolute Gasteiger partial charge is 0.493 e. The normalized spacial score (nSPS) is 15.6. The number of esters is 1. The molecule has 1 saturated heterocycles. The summed E-state index contributed by atoms with van der Waals surface area (Å²) >= 11 is 1.49. The Morgan fingerprint density at radius 2 is 2.09 bits per heavy atom. The number of amides is 2. The number of thiazole rings is 1. The standard InChI is InChI=1S/C23H29N3O6S/c1-4-31-23(29)17-6-5-9-26(11-17)21(27)12-25(2)22(28)16-7-8-19(20(10-16)30-3)32-13-18-14-33-15-24-18/h7-8,10,14-15,17H,4-6,9,11-13H2,1-3H3. The minimum absolute atomic E-state index is 0.0846. The first-order valence-corrected chi connectivity index (χ1v) is 11.7. The number of rotatable bonds is 9. The van der Waals surface area contributed by atoms with E-state index in [9.17, 15) is 14.4 Å². The van der Waals surface area contributed by atoms with E-state index in [-0.39, 0.29) is 30.2 Å². The number of hydrogen-bond donors (Lipinski definition) is 0. The van der Waals surface area contributed by atoms with Crippen LogP contribution in [0.4, 0.5) is 0 Å². The van der Waals surface area contributed by atoms with Gasteiger partial charge >= 0.3 is 5.97 Å². The van der Waals surface area contributed by atoms with Crippen LogP contribution in [-0.2, 0) is 20.9 Å². The Bertz CT molecular complexity index is 965. The fourth-order valence-electron chi connectivity index (χ4n) is 3.63. The summed E-state index contributed by atoms with van der Waals surface area (Å²) in [5.41, 5.74) is 2.92. The molecule has 10 heteroatoms. The summed E-state index contributed by atoms with van der Waals surface area (Å²) < 4.78 is 16.2. The van der Waals surface area contributed by atoms with Gasteiger partial charge in [-0.15, -0.1) is 11.3 Å². The van der Waals surface area contributed by atoms with Crippen molar-refractivity contribution in [1.29, 1.82) is 0 Å². The Hall–Kier alpha value is -3.14. The van der Waals surface area contributed by atoms with Crippen LogP contribution in [0.5, 0.6) is 11.5 Å². The van der Waals surface area contributed by atoms with E-state index in [0.717, 1.165) is 12.1 Å². The van der Waals surface area contributed by atoms with Crippen LogP contribution in [0, 0.1) is 5.92 Å². The van der Waals surface area contributed by atoms with Crippen molar-refractivity contribution in [1.82, 2.24) is 14.8 Å². The highest BCUT2D eigenvalue weighted by Gasteiger charge is 2.30. The van der Waals surface area contributed by atoms with E-state index in [4.69, 9.17) is 14.2 Å². The third-order valence-electron chi connectivity index (χ3n) is 5.38. The number of hydrogen-bond acceptors (Lipinski definition) is 8. The first-order chi connectivity index (χ1) is 15.9. The molecule has 1 aliphatic rings. The number of benzene rings is 1. The van der Waals surface area contributed by atoms with Crippen LogP contribution >= 0.6 is 11.3 Å². The lowest BCUT2D eigenvalue weighted by molar-refractivity contribution is -0.151. The van der Waals surface area contributed by atoms with Gasteiger partial charge in [-0.25, -0.2) is 4.98 Å². The van der Waals surface area contributed by atoms with Crippen LogP contribution in [0.25, 0.3) is 0 Å². The predicted molar refractivity (Wildman–Crippen MR) is 122 cm³/mol. The van der Waals surface area contributed by atoms with E-state index < -0.39 is 0 Å². The van der Waals surface area contributed by atoms with Crippen molar-refractivity contribution < 1.29 is 28.6 Å². The second-order valence-electron chi connectivity index (χ2n) is 7.73. The third-order valence-corrected chi connectivity index (χ3v) is 6.02. The Morgan fingerprint density at radius 3 is 2.79 bits per heavy atom. The average Bonchev–Trinajstić information content (AvgIpc) is 3.36. The first kappa shape index (κ1) is 24.5. The molecule has 0 radical (unpaired) electrons. The number of likely N-dealkylation sites (N-methyl/N-ethyl adjacent to an activating group) is 1. The van der Waals surface area contributed by atoms with Crippen molar-refractivity contribution in [2.45, 2.75) is 26.4 Å². The number of carbonyl (C=O) groups is 3. The molecule has 0 bridgehead atoms. The molecule has 0 saturated carbocycles. The van der Waals surface area contributed by atoms with Crippen LogP contribution in [0.2, 0.25) is 0 Å². The molecule has 2 aromatic rings. The van der Waals surface area contributed by atoms with Crippen LogP contribution in [0.15, 0.2) is 29.1 Å². The Morgan fingerprint density at radius 1 is 1.27 bits per heavy atom. The Kier molecular flexibility index (Phi) is 8.65. The van der Waals surface area contributed by atoms with Crippen LogP contribution in [0.1, 0.15) is 35.8 Å². The number of nitrogens with zero attached hydrogens (tertiary/aromatic N) is 3. The van der Waals surface area contributed by atoms with Gasteiger partial charge in [0.2, 0.25) is 5.91 Å². The molecule has 33 heavy (non-hydrogen) atoms. The lowest BCUT2D eigenvalue weighted by atomic mass is 9.98. The maximum Gasteiger partial charge on any atom is 0.310 e. The van der Waals surface area contributed by atoms with Crippen molar-refractivity contribution in [3.05, 3.63) is 40.3 Å². The van der Waals surface area contributed by atoms with E-state index in [0.29, 0.717) is 49.8 Å². The molecule has 2 heterocycles. The minimum atomic E-state index is -0.315. The summed E-state index contributed by atoms with van der Waals surface area (Å²) in [6, 6.07) is 4.90. The molecule has 0 spiro atoms. The van der Waals surface area contributed by atoms with E-state index in [1.54, 1.807) is 42.6 Å². The van der Waals surface area contributed by atoms with Crippen molar-refractivity contribution >= 4 is 29.1 Å². The van der Waals surface area contributed by atoms with Crippen LogP contribution in [0.3, 0.4) is 0 Å². The van der Waals surface area contributed by atoms with Crippen molar-refractivity contribution in [3.8, 4) is 11.5 Å². The van der Waals surface area contributed by atoms with Gasteiger partial charge in [-0.05, 0) is 38.0 Å². The molecule has 2 amide bonds. The van der Waals surface area contributed by atoms with Gasteiger partial charge in [0, 0.05) is 31.1 Å². The molecule has 9 nitrogen and oxygen atoms in total. The zero-order chi connectivity index (χ0) is 23.8. The topological polar surface area (TPSA) is 98.3 Å². The zero-order valence-electron chi connectivity index (χ0n) is 19.1. The summed E-state index contributed by atoms with van der Waals surface area (Å²) in [6.45, 7) is 3.18. The molecule has 1 aromatic heterocycles. The Balaban J connectivity index is 1.59. The van der Waals surface area contributed by atoms with Gasteiger partial charge in [-0.1, -0.05) is 0 Å². The molecule has 1 fully saturated rings. The van der Waals surface area contributed by atoms with Gasteiger partial charge in [-0.3, -0.25) is 14.4 Å². The fourth-order valence-corrected chi connectivity index (χ4v) is 4.17. The molecule has 1 aliphatic heterocycles. The van der Waals surface area contributed by atoms with Crippen molar-refractivity contribution in [2.75, 3.05) is 40.4 Å². The SMILES string of the molecule is CCOC(=O)C1CCCN(C(=O)CN(C)C(=O)c2ccc(OCc3cscn3)c(OC)c2)C1.